The number of hydrogen-bond donors (Lipinski definition) is 1. The highest BCUT2D eigenvalue weighted by Crippen LogP contribution is 2.11. The fourth-order valence-corrected chi connectivity index (χ4v) is 2.36. The van der Waals surface area contributed by atoms with E-state index in [1.807, 2.05) is 18.1 Å². The van der Waals surface area contributed by atoms with Crippen molar-refractivity contribution in [1.82, 2.24) is 20.1 Å². The standard InChI is InChI=1S/C13H23N5OS.HI/c1-10-8-15-11(20-10)6-7-18(5)13(14-2)16-9-12(19)17(3)4;/h8H,6-7,9H2,1-5H3,(H,14,16);1H. The van der Waals surface area contributed by atoms with E-state index in [9.17, 15) is 4.79 Å². The molecule has 21 heavy (non-hydrogen) atoms. The molecule has 0 aliphatic heterocycles. The van der Waals surface area contributed by atoms with Crippen molar-refractivity contribution in [2.75, 3.05) is 41.3 Å². The highest BCUT2D eigenvalue weighted by molar-refractivity contribution is 14.0. The Kier molecular flexibility index (Phi) is 9.51. The third-order valence-corrected chi connectivity index (χ3v) is 3.77. The van der Waals surface area contributed by atoms with Crippen LogP contribution >= 0.6 is 35.3 Å². The summed E-state index contributed by atoms with van der Waals surface area (Å²) < 4.78 is 0. The van der Waals surface area contributed by atoms with Crippen molar-refractivity contribution in [3.05, 3.63) is 16.1 Å². The van der Waals surface area contributed by atoms with E-state index in [1.54, 1.807) is 37.4 Å². The lowest BCUT2D eigenvalue weighted by Gasteiger charge is -2.22. The fourth-order valence-electron chi connectivity index (χ4n) is 1.58. The number of guanidine groups is 1. The minimum Gasteiger partial charge on any atom is -0.347 e. The van der Waals surface area contributed by atoms with E-state index in [2.05, 4.69) is 22.2 Å². The van der Waals surface area contributed by atoms with Crippen molar-refractivity contribution < 1.29 is 4.79 Å². The van der Waals surface area contributed by atoms with Crippen LogP contribution in [0.25, 0.3) is 0 Å². The largest absolute Gasteiger partial charge is 0.347 e. The van der Waals surface area contributed by atoms with Gasteiger partial charge in [-0.15, -0.1) is 35.3 Å². The van der Waals surface area contributed by atoms with Crippen molar-refractivity contribution >= 4 is 47.2 Å². The second-order valence-electron chi connectivity index (χ2n) is 4.73. The molecule has 120 valence electrons. The van der Waals surface area contributed by atoms with E-state index in [0.29, 0.717) is 5.96 Å². The van der Waals surface area contributed by atoms with Crippen LogP contribution in [0.1, 0.15) is 9.88 Å². The first-order valence-corrected chi connectivity index (χ1v) is 7.29. The van der Waals surface area contributed by atoms with Crippen LogP contribution in [-0.4, -0.2) is 67.9 Å². The van der Waals surface area contributed by atoms with Crippen LogP contribution in [0.4, 0.5) is 0 Å². The predicted octanol–water partition coefficient (Wildman–Crippen LogP) is 1.21. The number of nitrogens with one attached hydrogen (secondary N) is 1. The Labute approximate surface area is 147 Å². The molecule has 1 N–H and O–H groups in total. The lowest BCUT2D eigenvalue weighted by molar-refractivity contribution is -0.127. The molecule has 8 heteroatoms. The van der Waals surface area contributed by atoms with Crippen molar-refractivity contribution in [3.8, 4) is 0 Å². The molecule has 0 atom stereocenters. The first-order valence-electron chi connectivity index (χ1n) is 6.47. The zero-order valence-corrected chi connectivity index (χ0v) is 16.4. The van der Waals surface area contributed by atoms with Crippen LogP contribution in [0.15, 0.2) is 11.2 Å². The topological polar surface area (TPSA) is 60.8 Å². The molecule has 6 nitrogen and oxygen atoms in total. The second-order valence-corrected chi connectivity index (χ2v) is 6.04. The predicted molar refractivity (Wildman–Crippen MR) is 98.7 cm³/mol. The number of halogens is 1. The van der Waals surface area contributed by atoms with Gasteiger partial charge in [0.05, 0.1) is 11.6 Å². The SMILES string of the molecule is CN=C(NCC(=O)N(C)C)N(C)CCc1ncc(C)s1.I. The molecule has 0 aromatic carbocycles. The zero-order valence-electron chi connectivity index (χ0n) is 13.2. The number of thiazole rings is 1. The summed E-state index contributed by atoms with van der Waals surface area (Å²) in [6.07, 6.45) is 2.76. The molecule has 0 bridgehead atoms. The van der Waals surface area contributed by atoms with Crippen molar-refractivity contribution in [1.29, 1.82) is 0 Å². The summed E-state index contributed by atoms with van der Waals surface area (Å²) in [7, 11) is 7.14. The second kappa shape index (κ2) is 9.93. The van der Waals surface area contributed by atoms with Crippen molar-refractivity contribution in [3.63, 3.8) is 0 Å². The van der Waals surface area contributed by atoms with Crippen molar-refractivity contribution in [2.24, 2.45) is 4.99 Å². The maximum Gasteiger partial charge on any atom is 0.241 e. The smallest absolute Gasteiger partial charge is 0.241 e. The third-order valence-electron chi connectivity index (χ3n) is 2.80. The number of aromatic nitrogens is 1. The number of carbonyl (C=O) groups excluding carboxylic acids is 1. The van der Waals surface area contributed by atoms with E-state index < -0.39 is 0 Å². The lowest BCUT2D eigenvalue weighted by Crippen LogP contribution is -2.44. The molecule has 1 amide bonds. The highest BCUT2D eigenvalue weighted by atomic mass is 127. The maximum atomic E-state index is 11.5. The van der Waals surface area contributed by atoms with E-state index in [0.717, 1.165) is 18.0 Å². The maximum absolute atomic E-state index is 11.5. The first-order chi connectivity index (χ1) is 9.43. The van der Waals surface area contributed by atoms with Gasteiger partial charge in [0.1, 0.15) is 0 Å². The zero-order chi connectivity index (χ0) is 15.1. The molecule has 0 aliphatic carbocycles. The Morgan fingerprint density at radius 1 is 1.43 bits per heavy atom. The minimum absolute atomic E-state index is 0. The normalized spacial score (nSPS) is 10.8. The summed E-state index contributed by atoms with van der Waals surface area (Å²) in [5.41, 5.74) is 0. The van der Waals surface area contributed by atoms with Crippen LogP contribution in [0.5, 0.6) is 0 Å². The van der Waals surface area contributed by atoms with Crippen molar-refractivity contribution in [2.45, 2.75) is 13.3 Å². The monoisotopic (exact) mass is 425 g/mol. The highest BCUT2D eigenvalue weighted by Gasteiger charge is 2.10. The number of hydrogen-bond acceptors (Lipinski definition) is 4. The molecule has 1 aromatic heterocycles. The Bertz CT molecular complexity index is 475. The number of aliphatic imine (C=N–C) groups is 1. The summed E-state index contributed by atoms with van der Waals surface area (Å²) >= 11 is 1.71. The van der Waals surface area contributed by atoms with Gasteiger partial charge in [-0.2, -0.15) is 0 Å². The average Bonchev–Trinajstić information content (AvgIpc) is 2.82. The number of amides is 1. The van der Waals surface area contributed by atoms with Gasteiger partial charge in [-0.3, -0.25) is 9.79 Å². The summed E-state index contributed by atoms with van der Waals surface area (Å²) in [5.74, 6) is 0.739. The van der Waals surface area contributed by atoms with Crippen LogP contribution in [0.2, 0.25) is 0 Å². The van der Waals surface area contributed by atoms with Gasteiger partial charge in [0, 0.05) is 52.2 Å². The van der Waals surface area contributed by atoms with E-state index in [-0.39, 0.29) is 36.4 Å². The van der Waals surface area contributed by atoms with E-state index in [4.69, 9.17) is 0 Å². The van der Waals surface area contributed by atoms with Gasteiger partial charge in [0.25, 0.3) is 0 Å². The molecule has 0 aliphatic rings. The number of rotatable bonds is 5. The Morgan fingerprint density at radius 3 is 2.57 bits per heavy atom. The van der Waals surface area contributed by atoms with Gasteiger partial charge in [-0.05, 0) is 6.92 Å². The van der Waals surface area contributed by atoms with Crippen LogP contribution in [-0.2, 0) is 11.2 Å². The molecule has 0 saturated carbocycles. The van der Waals surface area contributed by atoms with Crippen LogP contribution < -0.4 is 5.32 Å². The quantitative estimate of drug-likeness (QED) is 0.438. The average molecular weight is 425 g/mol. The van der Waals surface area contributed by atoms with Gasteiger partial charge in [0.2, 0.25) is 5.91 Å². The molecule has 0 spiro atoms. The molecule has 1 heterocycles. The summed E-state index contributed by atoms with van der Waals surface area (Å²) in [6, 6.07) is 0. The summed E-state index contributed by atoms with van der Waals surface area (Å²) in [4.78, 5) is 24.8. The summed E-state index contributed by atoms with van der Waals surface area (Å²) in [5, 5.41) is 4.18. The van der Waals surface area contributed by atoms with Gasteiger partial charge >= 0.3 is 0 Å². The fraction of sp³-hybridized carbons (Fsp3) is 0.615. The van der Waals surface area contributed by atoms with Gasteiger partial charge in [-0.25, -0.2) is 4.98 Å². The van der Waals surface area contributed by atoms with Gasteiger partial charge in [0.15, 0.2) is 5.96 Å². The Morgan fingerprint density at radius 2 is 2.10 bits per heavy atom. The molecule has 0 unspecified atom stereocenters. The molecule has 1 aromatic rings. The Balaban J connectivity index is 0.00000400. The molecular formula is C13H24IN5OS. The number of nitrogens with zero attached hydrogens (tertiary/aromatic N) is 4. The molecule has 0 radical (unpaired) electrons. The van der Waals surface area contributed by atoms with Gasteiger partial charge in [-0.1, -0.05) is 0 Å². The number of likely N-dealkylation sites (N-methyl/N-ethyl adjacent to an activating group) is 2. The molecule has 1 rings (SSSR count). The molecular weight excluding hydrogens is 401 g/mol. The summed E-state index contributed by atoms with van der Waals surface area (Å²) in [6.45, 7) is 3.11. The van der Waals surface area contributed by atoms with E-state index >= 15 is 0 Å². The Hall–Kier alpha value is -0.900. The first kappa shape index (κ1) is 20.1. The van der Waals surface area contributed by atoms with Crippen LogP contribution in [0.3, 0.4) is 0 Å². The van der Waals surface area contributed by atoms with Crippen LogP contribution in [0, 0.1) is 6.92 Å². The lowest BCUT2D eigenvalue weighted by atomic mass is 10.4. The third kappa shape index (κ3) is 7.07. The van der Waals surface area contributed by atoms with Gasteiger partial charge < -0.3 is 15.1 Å². The van der Waals surface area contributed by atoms with E-state index in [1.165, 1.54) is 4.88 Å². The molecule has 0 fully saturated rings. The number of aryl methyl sites for hydroxylation is 1. The minimum atomic E-state index is 0. The number of carbonyl (C=O) groups is 1. The molecule has 0 saturated heterocycles.